The number of amides is 2. The maximum absolute atomic E-state index is 12.6. The molecule has 0 spiro atoms. The van der Waals surface area contributed by atoms with E-state index < -0.39 is 10.8 Å². The minimum atomic E-state index is -0.526. The first-order chi connectivity index (χ1) is 15.3. The summed E-state index contributed by atoms with van der Waals surface area (Å²) in [6.07, 6.45) is 0. The first-order valence-corrected chi connectivity index (χ1v) is 10.1. The molecule has 0 unspecified atom stereocenters. The molecule has 0 radical (unpaired) electrons. The Bertz CT molecular complexity index is 1150. The summed E-state index contributed by atoms with van der Waals surface area (Å²) in [4.78, 5) is 35.9. The van der Waals surface area contributed by atoms with E-state index in [9.17, 15) is 19.7 Å². The Hall–Kier alpha value is -4.20. The van der Waals surface area contributed by atoms with Gasteiger partial charge in [0.1, 0.15) is 5.69 Å². The minimum absolute atomic E-state index is 0.138. The summed E-state index contributed by atoms with van der Waals surface area (Å²) >= 11 is 0. The normalized spacial score (nSPS) is 10.3. The van der Waals surface area contributed by atoms with Gasteiger partial charge < -0.3 is 16.0 Å². The Kier molecular flexibility index (Phi) is 7.17. The average Bonchev–Trinajstić information content (AvgIpc) is 2.79. The highest BCUT2D eigenvalue weighted by Gasteiger charge is 2.18. The molecule has 0 aromatic heterocycles. The molecule has 164 valence electrons. The lowest BCUT2D eigenvalue weighted by Gasteiger charge is -2.13. The molecule has 0 saturated heterocycles. The molecule has 3 aromatic rings. The minimum Gasteiger partial charge on any atom is -0.376 e. The molecular weight excluding hydrogens is 408 g/mol. The van der Waals surface area contributed by atoms with Crippen LogP contribution in [-0.2, 0) is 11.3 Å². The number of nitro benzene ring substituents is 1. The predicted octanol–water partition coefficient (Wildman–Crippen LogP) is 4.19. The van der Waals surface area contributed by atoms with E-state index in [1.54, 1.807) is 37.3 Å². The molecule has 3 aromatic carbocycles. The molecule has 0 aliphatic rings. The van der Waals surface area contributed by atoms with Gasteiger partial charge in [0.15, 0.2) is 0 Å². The first-order valence-electron chi connectivity index (χ1n) is 10.1. The van der Waals surface area contributed by atoms with E-state index in [1.165, 1.54) is 6.07 Å². The first kappa shape index (κ1) is 22.5. The Balaban J connectivity index is 1.65. The number of aryl methyl sites for hydroxylation is 2. The van der Waals surface area contributed by atoms with Crippen molar-refractivity contribution < 1.29 is 14.5 Å². The number of carbonyl (C=O) groups excluding carboxylic acids is 2. The quantitative estimate of drug-likeness (QED) is 0.365. The fourth-order valence-electron chi connectivity index (χ4n) is 3.13. The van der Waals surface area contributed by atoms with Gasteiger partial charge in [-0.25, -0.2) is 0 Å². The lowest BCUT2D eigenvalue weighted by atomic mass is 10.1. The predicted molar refractivity (Wildman–Crippen MR) is 124 cm³/mol. The van der Waals surface area contributed by atoms with Gasteiger partial charge in [-0.3, -0.25) is 19.7 Å². The summed E-state index contributed by atoms with van der Waals surface area (Å²) in [5, 5.41) is 19.7. The van der Waals surface area contributed by atoms with Gasteiger partial charge in [-0.2, -0.15) is 0 Å². The van der Waals surface area contributed by atoms with Crippen LogP contribution >= 0.6 is 0 Å². The molecular formula is C24H24N4O4. The van der Waals surface area contributed by atoms with Crippen molar-refractivity contribution in [3.8, 4) is 0 Å². The Labute approximate surface area is 185 Å². The fraction of sp³-hybridized carbons (Fsp3) is 0.167. The van der Waals surface area contributed by atoms with Gasteiger partial charge in [0, 0.05) is 18.3 Å². The highest BCUT2D eigenvalue weighted by Crippen LogP contribution is 2.28. The van der Waals surface area contributed by atoms with Gasteiger partial charge in [-0.15, -0.1) is 0 Å². The molecule has 8 heteroatoms. The number of hydrogen-bond donors (Lipinski definition) is 3. The van der Waals surface area contributed by atoms with Crippen molar-refractivity contribution in [2.75, 3.05) is 17.2 Å². The average molecular weight is 432 g/mol. The second-order valence-electron chi connectivity index (χ2n) is 7.33. The Morgan fingerprint density at radius 3 is 2.28 bits per heavy atom. The van der Waals surface area contributed by atoms with E-state index in [4.69, 9.17) is 0 Å². The van der Waals surface area contributed by atoms with Crippen LogP contribution in [-0.4, -0.2) is 23.3 Å². The van der Waals surface area contributed by atoms with Crippen LogP contribution in [0.5, 0.6) is 0 Å². The van der Waals surface area contributed by atoms with Crippen LogP contribution < -0.4 is 16.0 Å². The third-order valence-electron chi connectivity index (χ3n) is 4.99. The summed E-state index contributed by atoms with van der Waals surface area (Å²) in [6, 6.07) is 19.4. The van der Waals surface area contributed by atoms with Crippen LogP contribution in [0.1, 0.15) is 27.0 Å². The topological polar surface area (TPSA) is 113 Å². The summed E-state index contributed by atoms with van der Waals surface area (Å²) in [7, 11) is 0. The third kappa shape index (κ3) is 5.69. The van der Waals surface area contributed by atoms with E-state index in [1.807, 2.05) is 37.3 Å². The summed E-state index contributed by atoms with van der Waals surface area (Å²) in [5.41, 5.74) is 3.43. The van der Waals surface area contributed by atoms with Gasteiger partial charge in [0.25, 0.3) is 11.6 Å². The maximum atomic E-state index is 12.6. The fourth-order valence-corrected chi connectivity index (χ4v) is 3.13. The Morgan fingerprint density at radius 2 is 1.56 bits per heavy atom. The van der Waals surface area contributed by atoms with Crippen LogP contribution in [0.4, 0.5) is 17.1 Å². The molecule has 0 saturated carbocycles. The second-order valence-corrected chi connectivity index (χ2v) is 7.33. The molecule has 2 amide bonds. The molecule has 8 nitrogen and oxygen atoms in total. The zero-order valence-corrected chi connectivity index (χ0v) is 17.8. The van der Waals surface area contributed by atoms with Crippen LogP contribution in [0.15, 0.2) is 66.7 Å². The lowest BCUT2D eigenvalue weighted by molar-refractivity contribution is -0.384. The number of carbonyl (C=O) groups is 2. The molecule has 0 fully saturated rings. The smallest absolute Gasteiger partial charge is 0.293 e. The SMILES string of the molecule is Cc1cc(NC(=O)CNc2ccccc2C(=O)NCc2ccccc2)c([N+](=O)[O-])cc1C. The number of hydrogen-bond acceptors (Lipinski definition) is 5. The molecule has 0 bridgehead atoms. The van der Waals surface area contributed by atoms with Crippen molar-refractivity contribution >= 4 is 28.9 Å². The molecule has 0 heterocycles. The van der Waals surface area contributed by atoms with Crippen LogP contribution in [0.2, 0.25) is 0 Å². The van der Waals surface area contributed by atoms with Crippen molar-refractivity contribution in [2.24, 2.45) is 0 Å². The van der Waals surface area contributed by atoms with E-state index in [0.29, 0.717) is 17.8 Å². The van der Waals surface area contributed by atoms with Crippen LogP contribution in [0, 0.1) is 24.0 Å². The summed E-state index contributed by atoms with van der Waals surface area (Å²) in [6.45, 7) is 3.81. The molecule has 3 rings (SSSR count). The molecule has 32 heavy (non-hydrogen) atoms. The van der Waals surface area contributed by atoms with E-state index in [-0.39, 0.29) is 23.8 Å². The number of rotatable bonds is 8. The monoisotopic (exact) mass is 432 g/mol. The molecule has 3 N–H and O–H groups in total. The van der Waals surface area contributed by atoms with Crippen molar-refractivity contribution in [3.63, 3.8) is 0 Å². The van der Waals surface area contributed by atoms with Gasteiger partial charge in [-0.1, -0.05) is 42.5 Å². The van der Waals surface area contributed by atoms with Gasteiger partial charge in [0.2, 0.25) is 5.91 Å². The van der Waals surface area contributed by atoms with Crippen molar-refractivity contribution in [1.82, 2.24) is 5.32 Å². The van der Waals surface area contributed by atoms with Crippen LogP contribution in [0.25, 0.3) is 0 Å². The second kappa shape index (κ2) is 10.2. The number of nitro groups is 1. The third-order valence-corrected chi connectivity index (χ3v) is 4.99. The lowest BCUT2D eigenvalue weighted by Crippen LogP contribution is -2.26. The van der Waals surface area contributed by atoms with Crippen LogP contribution in [0.3, 0.4) is 0 Å². The zero-order chi connectivity index (χ0) is 23.1. The van der Waals surface area contributed by atoms with Gasteiger partial charge >= 0.3 is 0 Å². The molecule has 0 aliphatic heterocycles. The van der Waals surface area contributed by atoms with Crippen molar-refractivity contribution in [2.45, 2.75) is 20.4 Å². The number of nitrogens with zero attached hydrogens (tertiary/aromatic N) is 1. The number of nitrogens with one attached hydrogen (secondary N) is 3. The van der Waals surface area contributed by atoms with Gasteiger partial charge in [-0.05, 0) is 48.7 Å². The summed E-state index contributed by atoms with van der Waals surface area (Å²) in [5.74, 6) is -0.738. The van der Waals surface area contributed by atoms with Crippen molar-refractivity contribution in [1.29, 1.82) is 0 Å². The standard InChI is InChI=1S/C24H24N4O4/c1-16-12-21(22(28(31)32)13-17(16)2)27-23(29)15-25-20-11-7-6-10-19(20)24(30)26-14-18-8-4-3-5-9-18/h3-13,25H,14-15H2,1-2H3,(H,26,30)(H,27,29). The maximum Gasteiger partial charge on any atom is 0.293 e. The zero-order valence-electron chi connectivity index (χ0n) is 17.8. The highest BCUT2D eigenvalue weighted by atomic mass is 16.6. The Morgan fingerprint density at radius 1 is 0.906 bits per heavy atom. The largest absolute Gasteiger partial charge is 0.376 e. The summed E-state index contributed by atoms with van der Waals surface area (Å²) < 4.78 is 0. The number of anilines is 2. The van der Waals surface area contributed by atoms with E-state index in [0.717, 1.165) is 16.7 Å². The molecule has 0 atom stereocenters. The van der Waals surface area contributed by atoms with E-state index in [2.05, 4.69) is 16.0 Å². The van der Waals surface area contributed by atoms with Gasteiger partial charge in [0.05, 0.1) is 17.0 Å². The molecule has 0 aliphatic carbocycles. The number of para-hydroxylation sites is 1. The van der Waals surface area contributed by atoms with Crippen molar-refractivity contribution in [3.05, 3.63) is 99.1 Å². The van der Waals surface area contributed by atoms with E-state index >= 15 is 0 Å². The number of benzene rings is 3. The highest BCUT2D eigenvalue weighted by molar-refractivity contribution is 6.01.